The number of anilines is 1. The molecule has 1 aromatic heterocycles. The third kappa shape index (κ3) is 3.48. The van der Waals surface area contributed by atoms with Crippen molar-refractivity contribution in [1.29, 1.82) is 0 Å². The molecule has 1 fully saturated rings. The smallest absolute Gasteiger partial charge is 0.293 e. The normalized spacial score (nSPS) is 17.4. The molecule has 0 bridgehead atoms. The minimum absolute atomic E-state index is 0.0677. The fourth-order valence-corrected chi connectivity index (χ4v) is 3.65. The van der Waals surface area contributed by atoms with E-state index in [-0.39, 0.29) is 24.2 Å². The quantitative estimate of drug-likeness (QED) is 0.658. The zero-order valence-corrected chi connectivity index (χ0v) is 15.4. The molecular weight excluding hydrogens is 332 g/mol. The lowest BCUT2D eigenvalue weighted by atomic mass is 10.1. The first-order valence-corrected chi connectivity index (χ1v) is 8.78. The van der Waals surface area contributed by atoms with Crippen molar-refractivity contribution in [2.24, 2.45) is 7.05 Å². The molecule has 1 saturated heterocycles. The van der Waals surface area contributed by atoms with Gasteiger partial charge in [0.2, 0.25) is 5.91 Å². The average molecular weight is 356 g/mol. The van der Waals surface area contributed by atoms with Gasteiger partial charge in [-0.2, -0.15) is 0 Å². The molecule has 2 aromatic rings. The van der Waals surface area contributed by atoms with Crippen molar-refractivity contribution in [3.63, 3.8) is 0 Å². The molecule has 26 heavy (non-hydrogen) atoms. The molecule has 3 rings (SSSR count). The lowest BCUT2D eigenvalue weighted by molar-refractivity contribution is -0.384. The first kappa shape index (κ1) is 18.1. The molecule has 1 aliphatic heterocycles. The van der Waals surface area contributed by atoms with E-state index >= 15 is 0 Å². The van der Waals surface area contributed by atoms with Crippen molar-refractivity contribution in [3.8, 4) is 0 Å². The summed E-state index contributed by atoms with van der Waals surface area (Å²) in [5.74, 6) is -0.220. The summed E-state index contributed by atoms with van der Waals surface area (Å²) >= 11 is 0. The highest BCUT2D eigenvalue weighted by molar-refractivity contribution is 5.95. The van der Waals surface area contributed by atoms with Gasteiger partial charge in [-0.05, 0) is 56.5 Å². The van der Waals surface area contributed by atoms with E-state index < -0.39 is 4.92 Å². The van der Waals surface area contributed by atoms with Gasteiger partial charge in [0.05, 0.1) is 17.5 Å². The number of likely N-dealkylation sites (tertiary alicyclic amines) is 1. The molecule has 0 radical (unpaired) electrons. The maximum absolute atomic E-state index is 12.6. The van der Waals surface area contributed by atoms with Gasteiger partial charge >= 0.3 is 0 Å². The van der Waals surface area contributed by atoms with E-state index in [4.69, 9.17) is 0 Å². The second-order valence-corrected chi connectivity index (χ2v) is 6.88. The van der Waals surface area contributed by atoms with E-state index in [1.54, 1.807) is 13.0 Å². The van der Waals surface area contributed by atoms with Crippen molar-refractivity contribution in [3.05, 3.63) is 57.4 Å². The van der Waals surface area contributed by atoms with Crippen LogP contribution in [0.1, 0.15) is 35.7 Å². The van der Waals surface area contributed by atoms with Crippen molar-refractivity contribution < 1.29 is 9.72 Å². The summed E-state index contributed by atoms with van der Waals surface area (Å²) in [4.78, 5) is 25.6. The maximum Gasteiger partial charge on any atom is 0.293 e. The van der Waals surface area contributed by atoms with Crippen LogP contribution in [0.2, 0.25) is 0 Å². The van der Waals surface area contributed by atoms with Gasteiger partial charge in [0.1, 0.15) is 5.69 Å². The first-order chi connectivity index (χ1) is 12.4. The summed E-state index contributed by atoms with van der Waals surface area (Å²) in [6, 6.07) is 7.44. The van der Waals surface area contributed by atoms with Gasteiger partial charge < -0.3 is 9.88 Å². The number of nitro benzene ring substituents is 1. The number of carbonyl (C=O) groups excluding carboxylic acids is 1. The maximum atomic E-state index is 12.6. The van der Waals surface area contributed by atoms with Crippen LogP contribution in [0.25, 0.3) is 0 Å². The average Bonchev–Trinajstić information content (AvgIpc) is 3.20. The first-order valence-electron chi connectivity index (χ1n) is 8.78. The molecular formula is C19H24N4O3. The second-order valence-electron chi connectivity index (χ2n) is 6.88. The van der Waals surface area contributed by atoms with E-state index in [0.29, 0.717) is 5.69 Å². The zero-order valence-electron chi connectivity index (χ0n) is 15.4. The highest BCUT2D eigenvalue weighted by atomic mass is 16.6. The third-order valence-corrected chi connectivity index (χ3v) is 5.21. The van der Waals surface area contributed by atoms with E-state index in [1.165, 1.54) is 11.8 Å². The number of aromatic nitrogens is 1. The summed E-state index contributed by atoms with van der Waals surface area (Å²) in [5, 5.41) is 14.1. The number of benzene rings is 1. The summed E-state index contributed by atoms with van der Waals surface area (Å²) in [6.07, 6.45) is 4.05. The van der Waals surface area contributed by atoms with Crippen molar-refractivity contribution in [1.82, 2.24) is 9.47 Å². The molecule has 1 atom stereocenters. The van der Waals surface area contributed by atoms with Gasteiger partial charge in [-0.3, -0.25) is 19.8 Å². The van der Waals surface area contributed by atoms with Gasteiger partial charge in [-0.25, -0.2) is 0 Å². The molecule has 0 saturated carbocycles. The molecule has 1 aromatic carbocycles. The van der Waals surface area contributed by atoms with Gasteiger partial charge in [0.15, 0.2) is 0 Å². The van der Waals surface area contributed by atoms with Crippen LogP contribution < -0.4 is 5.32 Å². The molecule has 0 spiro atoms. The summed E-state index contributed by atoms with van der Waals surface area (Å²) < 4.78 is 2.08. The van der Waals surface area contributed by atoms with Gasteiger partial charge in [0, 0.05) is 25.0 Å². The van der Waals surface area contributed by atoms with Crippen LogP contribution in [0.4, 0.5) is 11.4 Å². The Morgan fingerprint density at radius 3 is 2.77 bits per heavy atom. The number of hydrogen-bond acceptors (Lipinski definition) is 4. The minimum Gasteiger partial charge on any atom is -0.353 e. The summed E-state index contributed by atoms with van der Waals surface area (Å²) in [6.45, 7) is 4.74. The monoisotopic (exact) mass is 356 g/mol. The van der Waals surface area contributed by atoms with Crippen molar-refractivity contribution in [2.45, 2.75) is 32.7 Å². The molecule has 138 valence electrons. The zero-order chi connectivity index (χ0) is 18.8. The highest BCUT2D eigenvalue weighted by Crippen LogP contribution is 2.33. The van der Waals surface area contributed by atoms with Crippen LogP contribution in [0, 0.1) is 24.0 Å². The molecule has 0 unspecified atom stereocenters. The van der Waals surface area contributed by atoms with Gasteiger partial charge in [-0.15, -0.1) is 0 Å². The van der Waals surface area contributed by atoms with E-state index in [0.717, 1.165) is 30.5 Å². The highest BCUT2D eigenvalue weighted by Gasteiger charge is 2.29. The molecule has 7 nitrogen and oxygen atoms in total. The van der Waals surface area contributed by atoms with Crippen LogP contribution in [0.3, 0.4) is 0 Å². The molecule has 1 amide bonds. The van der Waals surface area contributed by atoms with Crippen LogP contribution in [0.5, 0.6) is 0 Å². The fraction of sp³-hybridized carbons (Fsp3) is 0.421. The Bertz CT molecular complexity index is 843. The topological polar surface area (TPSA) is 80.4 Å². The fourth-order valence-electron chi connectivity index (χ4n) is 3.65. The van der Waals surface area contributed by atoms with E-state index in [1.807, 2.05) is 26.2 Å². The molecule has 7 heteroatoms. The lowest BCUT2D eigenvalue weighted by Crippen LogP contribution is -2.33. The minimum atomic E-state index is -0.454. The Morgan fingerprint density at radius 1 is 1.35 bits per heavy atom. The Kier molecular flexibility index (Phi) is 5.08. The number of hydrogen-bond donors (Lipinski definition) is 1. The molecule has 2 heterocycles. The number of amides is 1. The van der Waals surface area contributed by atoms with Crippen LogP contribution in [0.15, 0.2) is 30.5 Å². The Balaban J connectivity index is 1.76. The number of carbonyl (C=O) groups is 1. The summed E-state index contributed by atoms with van der Waals surface area (Å²) in [7, 11) is 2.01. The number of aryl methyl sites for hydroxylation is 2. The standard InChI is InChI=1S/C19H24N4O3/c1-13-8-9-17(23(25)26)19(14(13)2)20-18(24)12-22-11-5-7-16(22)15-6-4-10-21(15)3/h4,6,8-10,16H,5,7,11-12H2,1-3H3,(H,20,24)/t16-/m0/s1. The van der Waals surface area contributed by atoms with Crippen LogP contribution in [-0.4, -0.2) is 33.4 Å². The second kappa shape index (κ2) is 7.29. The predicted molar refractivity (Wildman–Crippen MR) is 100 cm³/mol. The number of nitro groups is 1. The third-order valence-electron chi connectivity index (χ3n) is 5.21. The SMILES string of the molecule is Cc1ccc([N+](=O)[O-])c(NC(=O)CN2CCC[C@H]2c2cccn2C)c1C. The number of rotatable bonds is 5. The van der Waals surface area contributed by atoms with E-state index in [9.17, 15) is 14.9 Å². The molecule has 1 aliphatic rings. The van der Waals surface area contributed by atoms with Crippen molar-refractivity contribution >= 4 is 17.3 Å². The Labute approximate surface area is 152 Å². The molecule has 0 aliphatic carbocycles. The van der Waals surface area contributed by atoms with E-state index in [2.05, 4.69) is 20.9 Å². The number of nitrogens with one attached hydrogen (secondary N) is 1. The Morgan fingerprint density at radius 2 is 2.12 bits per heavy atom. The molecule has 1 N–H and O–H groups in total. The number of nitrogens with zero attached hydrogens (tertiary/aromatic N) is 3. The van der Waals surface area contributed by atoms with Gasteiger partial charge in [-0.1, -0.05) is 6.07 Å². The van der Waals surface area contributed by atoms with Gasteiger partial charge in [0.25, 0.3) is 5.69 Å². The van der Waals surface area contributed by atoms with Crippen LogP contribution >= 0.6 is 0 Å². The van der Waals surface area contributed by atoms with Crippen molar-refractivity contribution in [2.75, 3.05) is 18.4 Å². The predicted octanol–water partition coefficient (Wildman–Crippen LogP) is 3.33. The summed E-state index contributed by atoms with van der Waals surface area (Å²) in [5.41, 5.74) is 3.06. The lowest BCUT2D eigenvalue weighted by Gasteiger charge is -2.24. The largest absolute Gasteiger partial charge is 0.353 e. The Hall–Kier alpha value is -2.67. The van der Waals surface area contributed by atoms with Crippen LogP contribution in [-0.2, 0) is 11.8 Å².